The normalized spacial score (nSPS) is 26.1. The maximum atomic E-state index is 15.1. The van der Waals surface area contributed by atoms with Crippen molar-refractivity contribution in [1.29, 1.82) is 0 Å². The van der Waals surface area contributed by atoms with Crippen LogP contribution in [0.2, 0.25) is 0 Å². The number of carbonyl (C=O) groups is 5. The van der Waals surface area contributed by atoms with Gasteiger partial charge in [0, 0.05) is 128 Å². The molecule has 5 bridgehead atoms. The molecule has 22 nitrogen and oxygen atoms in total. The minimum Gasteiger partial charge on any atom is -0.507 e. The predicted molar refractivity (Wildman–Crippen MR) is 331 cm³/mol. The van der Waals surface area contributed by atoms with Crippen LogP contribution in [0.4, 0.5) is 11.4 Å². The largest absolute Gasteiger partial charge is 0.507 e. The van der Waals surface area contributed by atoms with Crippen LogP contribution in [0.25, 0.3) is 33.3 Å². The fraction of sp³-hybridized carbons (Fsp3) is 0.462. The molecule has 1 fully saturated rings. The summed E-state index contributed by atoms with van der Waals surface area (Å²) in [5.74, 6) is -8.21. The lowest BCUT2D eigenvalue weighted by Crippen LogP contribution is -2.47. The van der Waals surface area contributed by atoms with E-state index in [-0.39, 0.29) is 85.6 Å². The number of aromatic nitrogens is 1. The monoisotopic (exact) mass is 1230 g/mol. The molecule has 0 radical (unpaired) electrons. The first-order valence-electron chi connectivity index (χ1n) is 29.3. The Balaban J connectivity index is 1.10. The topological polar surface area (TPSA) is 311 Å². The van der Waals surface area contributed by atoms with Crippen LogP contribution in [-0.2, 0) is 43.4 Å². The van der Waals surface area contributed by atoms with Gasteiger partial charge in [-0.15, -0.1) is 0 Å². The fourth-order valence-electron chi connectivity index (χ4n) is 11.8. The number of aliphatic hydroxyl groups excluding tert-OH is 2. The van der Waals surface area contributed by atoms with E-state index in [9.17, 15) is 53.9 Å². The van der Waals surface area contributed by atoms with Crippen molar-refractivity contribution in [2.45, 2.75) is 119 Å². The van der Waals surface area contributed by atoms with Gasteiger partial charge in [0.25, 0.3) is 11.7 Å². The maximum absolute atomic E-state index is 15.1. The Morgan fingerprint density at radius 1 is 0.932 bits per heavy atom. The Bertz CT molecular complexity index is 3770. The van der Waals surface area contributed by atoms with Gasteiger partial charge in [-0.25, -0.2) is 4.98 Å². The predicted octanol–water partition coefficient (Wildman–Crippen LogP) is 8.32. The standard InChI is InChI=1S/C65H79N4O18P/c1-33-19-26-83-65(13)62(78)51-49-50(57(76)40(8)60(51)87-65)58(77)54(67-63(79)35(3)16-14-15-34(2)55(74)38(6)56(75)39(7)59(37(33)5)85-42(10)72)61-53(49)66-52-46(73)29-43(30-48(52)86-61)69-22-20-68(21-23-69)24-27-82-36(4)32-64(11,12)45-31-44(88(80,81)28-25-70)17-18-47(45)84-41(9)71/h14-19,25-26,29-31,33-34,37-39,55-56,59,73-76H,4,20-24,27-28,32H2,1-3,5-13H3,(H,67,79)(H,80,81)/b15-14+,26-19+,35-16-/t33-,34-,37+,38+,39+,55-,56+,59+,65-/m0/s1. The van der Waals surface area contributed by atoms with Gasteiger partial charge in [0.2, 0.25) is 12.8 Å². The molecule has 23 heteroatoms. The number of amides is 1. The first-order valence-corrected chi connectivity index (χ1v) is 31.1. The van der Waals surface area contributed by atoms with Gasteiger partial charge in [0.05, 0.1) is 41.3 Å². The summed E-state index contributed by atoms with van der Waals surface area (Å²) in [7, 11) is -4.02. The van der Waals surface area contributed by atoms with E-state index in [0.717, 1.165) is 0 Å². The number of fused-ring (bicyclic) bond motifs is 14. The number of aldehydes is 1. The van der Waals surface area contributed by atoms with E-state index in [1.807, 2.05) is 32.6 Å². The summed E-state index contributed by atoms with van der Waals surface area (Å²) in [6.45, 7) is 26.4. The average molecular weight is 1240 g/mol. The first kappa shape index (κ1) is 66.1. The van der Waals surface area contributed by atoms with Gasteiger partial charge >= 0.3 is 17.7 Å². The van der Waals surface area contributed by atoms with E-state index < -0.39 is 113 Å². The highest BCUT2D eigenvalue weighted by molar-refractivity contribution is 7.66. The number of hydrogen-bond acceptors (Lipinski definition) is 20. The summed E-state index contributed by atoms with van der Waals surface area (Å²) in [5.41, 5.74) is -1.48. The minimum absolute atomic E-state index is 0.00449. The highest BCUT2D eigenvalue weighted by atomic mass is 31.2. The van der Waals surface area contributed by atoms with Crippen molar-refractivity contribution in [3.8, 4) is 34.5 Å². The smallest absolute Gasteiger partial charge is 0.312 e. The second kappa shape index (κ2) is 26.1. The molecule has 0 aromatic heterocycles. The zero-order valence-corrected chi connectivity index (χ0v) is 52.6. The zero-order chi connectivity index (χ0) is 64.6. The zero-order valence-electron chi connectivity index (χ0n) is 51.7. The lowest BCUT2D eigenvalue weighted by atomic mass is 9.77. The molecule has 472 valence electrons. The molecule has 88 heavy (non-hydrogen) atoms. The molecule has 6 N–H and O–H groups in total. The van der Waals surface area contributed by atoms with Crippen molar-refractivity contribution in [3.05, 3.63) is 106 Å². The van der Waals surface area contributed by atoms with Crippen molar-refractivity contribution >= 4 is 75.8 Å². The van der Waals surface area contributed by atoms with E-state index >= 15 is 4.79 Å². The molecular formula is C65H79N4O18P. The van der Waals surface area contributed by atoms with Gasteiger partial charge in [0.1, 0.15) is 58.9 Å². The molecular weight excluding hydrogens is 1160 g/mol. The number of esters is 2. The number of Topliss-reactive ketones (excluding diaryl/α,β-unsaturated/α-hetero) is 1. The van der Waals surface area contributed by atoms with Crippen LogP contribution < -0.4 is 30.4 Å². The summed E-state index contributed by atoms with van der Waals surface area (Å²) in [6.07, 6.45) is 4.62. The van der Waals surface area contributed by atoms with Crippen molar-refractivity contribution < 1.29 is 82.0 Å². The molecule has 1 amide bonds. The van der Waals surface area contributed by atoms with Crippen molar-refractivity contribution in [1.82, 2.24) is 9.88 Å². The molecule has 1 aliphatic carbocycles. The average Bonchev–Trinajstić information content (AvgIpc) is 1.35. The third kappa shape index (κ3) is 13.4. The second-order valence-corrected chi connectivity index (χ2v) is 26.6. The molecule has 0 saturated carbocycles. The number of hydrogen-bond donors (Lipinski definition) is 6. The molecule has 0 spiro atoms. The third-order valence-electron chi connectivity index (χ3n) is 17.3. The number of anilines is 2. The molecule has 1 unspecified atom stereocenters. The summed E-state index contributed by atoms with van der Waals surface area (Å²) in [6, 6.07) is 7.43. The number of allylic oxidation sites excluding steroid dienone is 4. The third-order valence-corrected chi connectivity index (χ3v) is 19.1. The van der Waals surface area contributed by atoms with Crippen LogP contribution in [0.1, 0.15) is 104 Å². The van der Waals surface area contributed by atoms with E-state index in [2.05, 4.69) is 16.8 Å². The first-order chi connectivity index (χ1) is 41.3. The number of ether oxygens (including phenoxy) is 5. The van der Waals surface area contributed by atoms with E-state index in [1.165, 1.54) is 71.2 Å². The number of nitrogens with one attached hydrogen (secondary N) is 1. The van der Waals surface area contributed by atoms with Crippen LogP contribution in [-0.4, -0.2) is 135 Å². The molecule has 1 saturated heterocycles. The van der Waals surface area contributed by atoms with Gasteiger partial charge in [-0.05, 0) is 50.0 Å². The Labute approximate surface area is 510 Å². The number of benzene rings is 4. The molecule has 3 aromatic rings. The van der Waals surface area contributed by atoms with Crippen LogP contribution in [0.5, 0.6) is 23.0 Å². The summed E-state index contributed by atoms with van der Waals surface area (Å²) in [5, 5.41) is 49.2. The number of nitrogens with zero attached hydrogens (tertiary/aromatic N) is 3. The number of piperazine rings is 1. The number of carbonyl (C=O) groups excluding carboxylic acids is 5. The van der Waals surface area contributed by atoms with Gasteiger partial charge < -0.3 is 68.4 Å². The van der Waals surface area contributed by atoms with Gasteiger partial charge in [-0.3, -0.25) is 33.4 Å². The van der Waals surface area contributed by atoms with E-state index in [1.54, 1.807) is 45.1 Å². The summed E-state index contributed by atoms with van der Waals surface area (Å²) < 4.78 is 49.3. The Morgan fingerprint density at radius 3 is 2.28 bits per heavy atom. The van der Waals surface area contributed by atoms with Crippen LogP contribution in [0, 0.1) is 36.5 Å². The number of aliphatic hydroxyl groups is 2. The lowest BCUT2D eigenvalue weighted by molar-refractivity contribution is -0.158. The van der Waals surface area contributed by atoms with Crippen LogP contribution in [0.3, 0.4) is 0 Å². The quantitative estimate of drug-likeness (QED) is 0.0123. The molecule has 5 aliphatic heterocycles. The molecule has 5 heterocycles. The Hall–Kier alpha value is -7.88. The number of ketones is 1. The summed E-state index contributed by atoms with van der Waals surface area (Å²) >= 11 is 0. The van der Waals surface area contributed by atoms with E-state index in [4.69, 9.17) is 33.1 Å². The van der Waals surface area contributed by atoms with E-state index in [0.29, 0.717) is 56.0 Å². The van der Waals surface area contributed by atoms with Crippen LogP contribution >= 0.6 is 7.37 Å². The second-order valence-electron chi connectivity index (χ2n) is 24.3. The number of phenolic OH excluding ortho intramolecular Hbond substituents is 2. The van der Waals surface area contributed by atoms with Gasteiger partial charge in [-0.1, -0.05) is 73.3 Å². The minimum atomic E-state index is -4.02. The lowest BCUT2D eigenvalue weighted by Gasteiger charge is -2.37. The highest BCUT2D eigenvalue weighted by Gasteiger charge is 2.50. The molecule has 9 rings (SSSR count). The van der Waals surface area contributed by atoms with Crippen molar-refractivity contribution in [3.63, 3.8) is 0 Å². The van der Waals surface area contributed by atoms with Crippen LogP contribution in [0.15, 0.2) is 88.0 Å². The number of phenols is 2. The number of rotatable bonds is 13. The van der Waals surface area contributed by atoms with Crippen molar-refractivity contribution in [2.24, 2.45) is 29.6 Å². The van der Waals surface area contributed by atoms with Gasteiger partial charge in [-0.2, -0.15) is 0 Å². The Morgan fingerprint density at radius 2 is 1.62 bits per heavy atom. The van der Waals surface area contributed by atoms with Crippen molar-refractivity contribution in [2.75, 3.05) is 55.7 Å². The van der Waals surface area contributed by atoms with Gasteiger partial charge in [0.15, 0.2) is 11.3 Å². The SMILES string of the molecule is C=C(CC(C)(C)c1cc(P(=O)(O)CC=O)ccc1OC(C)=O)OCCN1CCN(c2cc(O)c3nc4c5c6c7c(C)c(O)c5c(=O)c(c-4oc3c2)NC(=O)/C(C)=C\C=C\[C@H](C)[C@H](O)[C@@H](C)[C@@H](O)[C@@H](C)[C@H](OC(C)=O)[C@H](C)[C@@H](C)/C=C/O[C@@](C)(O7)C6=O)CC1. The highest BCUT2D eigenvalue weighted by Crippen LogP contribution is 2.51. The fourth-order valence-corrected chi connectivity index (χ4v) is 12.9. The molecule has 10 atom stereocenters. The molecule has 6 aliphatic rings. The Kier molecular flexibility index (Phi) is 19.6. The summed E-state index contributed by atoms with van der Waals surface area (Å²) in [4.78, 5) is 99.6. The number of aromatic hydroxyl groups is 2. The molecule has 3 aromatic carbocycles. The maximum Gasteiger partial charge on any atom is 0.312 e.